The van der Waals surface area contributed by atoms with Crippen LogP contribution in [0.3, 0.4) is 0 Å². The Morgan fingerprint density at radius 2 is 2.30 bits per heavy atom. The van der Waals surface area contributed by atoms with E-state index in [-0.39, 0.29) is 24.2 Å². The average Bonchev–Trinajstić information content (AvgIpc) is 2.93. The summed E-state index contributed by atoms with van der Waals surface area (Å²) in [6.45, 7) is 3.57. The third-order valence-electron chi connectivity index (χ3n) is 3.35. The van der Waals surface area contributed by atoms with Gasteiger partial charge in [0.2, 0.25) is 0 Å². The first-order valence-corrected chi connectivity index (χ1v) is 6.51. The maximum atomic E-state index is 11.7. The van der Waals surface area contributed by atoms with Gasteiger partial charge < -0.3 is 25.1 Å². The predicted molar refractivity (Wildman–Crippen MR) is 71.7 cm³/mol. The van der Waals surface area contributed by atoms with Gasteiger partial charge in [-0.3, -0.25) is 0 Å². The molecular formula is C13H19N3O4. The van der Waals surface area contributed by atoms with Crippen LogP contribution in [0, 0.1) is 6.92 Å². The molecular weight excluding hydrogens is 262 g/mol. The Kier molecular flexibility index (Phi) is 4.29. The summed E-state index contributed by atoms with van der Waals surface area (Å²) in [6.07, 6.45) is 0.937. The number of amides is 2. The molecule has 20 heavy (non-hydrogen) atoms. The second-order valence-electron chi connectivity index (χ2n) is 5.06. The number of aromatic carboxylic acids is 1. The van der Waals surface area contributed by atoms with Crippen molar-refractivity contribution in [3.8, 4) is 0 Å². The van der Waals surface area contributed by atoms with Gasteiger partial charge in [0.15, 0.2) is 0 Å². The Morgan fingerprint density at radius 3 is 2.85 bits per heavy atom. The van der Waals surface area contributed by atoms with Crippen molar-refractivity contribution in [2.24, 2.45) is 0 Å². The summed E-state index contributed by atoms with van der Waals surface area (Å²) in [6, 6.07) is 1.32. The molecule has 1 aliphatic heterocycles. The molecule has 7 heteroatoms. The van der Waals surface area contributed by atoms with Gasteiger partial charge in [-0.15, -0.1) is 0 Å². The van der Waals surface area contributed by atoms with E-state index in [1.165, 1.54) is 6.07 Å². The third-order valence-corrected chi connectivity index (χ3v) is 3.35. The minimum Gasteiger partial charge on any atom is -0.478 e. The van der Waals surface area contributed by atoms with Crippen LogP contribution in [0.4, 0.5) is 4.79 Å². The molecule has 0 radical (unpaired) electrons. The number of nitrogens with zero attached hydrogens (tertiary/aromatic N) is 1. The number of aryl methyl sites for hydroxylation is 1. The monoisotopic (exact) mass is 281 g/mol. The van der Waals surface area contributed by atoms with Gasteiger partial charge in [-0.25, -0.2) is 9.59 Å². The molecule has 110 valence electrons. The van der Waals surface area contributed by atoms with Gasteiger partial charge in [0.25, 0.3) is 0 Å². The van der Waals surface area contributed by atoms with E-state index in [1.54, 1.807) is 6.92 Å². The van der Waals surface area contributed by atoms with Crippen molar-refractivity contribution in [2.75, 3.05) is 20.1 Å². The van der Waals surface area contributed by atoms with Gasteiger partial charge >= 0.3 is 12.0 Å². The van der Waals surface area contributed by atoms with Crippen molar-refractivity contribution in [1.29, 1.82) is 0 Å². The fourth-order valence-electron chi connectivity index (χ4n) is 2.30. The van der Waals surface area contributed by atoms with Gasteiger partial charge in [-0.05, 0) is 33.0 Å². The summed E-state index contributed by atoms with van der Waals surface area (Å²) in [5.74, 6) is -0.262. The lowest BCUT2D eigenvalue weighted by atomic mass is 10.2. The maximum absolute atomic E-state index is 11.7. The van der Waals surface area contributed by atoms with Gasteiger partial charge in [0.05, 0.1) is 6.54 Å². The standard InChI is InChI=1S/C13H19N3O4/c1-8-11(12(17)18)5-10(20-8)6-14-13(19)15-9-3-4-16(2)7-9/h5,9H,3-4,6-7H2,1-2H3,(H,17,18)(H2,14,15,19). The molecule has 0 bridgehead atoms. The van der Waals surface area contributed by atoms with E-state index < -0.39 is 5.97 Å². The van der Waals surface area contributed by atoms with Crippen LogP contribution in [0.25, 0.3) is 0 Å². The molecule has 1 aromatic heterocycles. The summed E-state index contributed by atoms with van der Waals surface area (Å²) in [4.78, 5) is 24.7. The Bertz CT molecular complexity index is 512. The highest BCUT2D eigenvalue weighted by Gasteiger charge is 2.21. The minimum absolute atomic E-state index is 0.125. The van der Waals surface area contributed by atoms with Crippen molar-refractivity contribution in [3.63, 3.8) is 0 Å². The first-order valence-electron chi connectivity index (χ1n) is 6.51. The fraction of sp³-hybridized carbons (Fsp3) is 0.538. The van der Waals surface area contributed by atoms with Crippen molar-refractivity contribution < 1.29 is 19.1 Å². The molecule has 1 unspecified atom stereocenters. The number of likely N-dealkylation sites (N-methyl/N-ethyl adjacent to an activating group) is 1. The topological polar surface area (TPSA) is 94.8 Å². The Hall–Kier alpha value is -2.02. The normalized spacial score (nSPS) is 19.0. The molecule has 1 aliphatic rings. The van der Waals surface area contributed by atoms with E-state index >= 15 is 0 Å². The quantitative estimate of drug-likeness (QED) is 0.758. The summed E-state index contributed by atoms with van der Waals surface area (Å²) < 4.78 is 5.28. The molecule has 0 aromatic carbocycles. The van der Waals surface area contributed by atoms with Crippen molar-refractivity contribution in [1.82, 2.24) is 15.5 Å². The zero-order valence-electron chi connectivity index (χ0n) is 11.6. The van der Waals surface area contributed by atoms with Crippen molar-refractivity contribution >= 4 is 12.0 Å². The lowest BCUT2D eigenvalue weighted by Crippen LogP contribution is -2.42. The third kappa shape index (κ3) is 3.51. The number of carboxylic acid groups (broad SMARTS) is 1. The zero-order chi connectivity index (χ0) is 14.7. The molecule has 2 amide bonds. The van der Waals surface area contributed by atoms with Crippen LogP contribution in [0.1, 0.15) is 28.3 Å². The minimum atomic E-state index is -1.03. The highest BCUT2D eigenvalue weighted by molar-refractivity contribution is 5.88. The number of rotatable bonds is 4. The molecule has 1 fully saturated rings. The molecule has 0 saturated carbocycles. The van der Waals surface area contributed by atoms with Gasteiger partial charge in [-0.1, -0.05) is 0 Å². The van der Waals surface area contributed by atoms with E-state index in [4.69, 9.17) is 9.52 Å². The Balaban J connectivity index is 1.81. The summed E-state index contributed by atoms with van der Waals surface area (Å²) >= 11 is 0. The highest BCUT2D eigenvalue weighted by Crippen LogP contribution is 2.14. The molecule has 1 aromatic rings. The molecule has 2 rings (SSSR count). The smallest absolute Gasteiger partial charge is 0.339 e. The number of carboxylic acids is 1. The highest BCUT2D eigenvalue weighted by atomic mass is 16.4. The zero-order valence-corrected chi connectivity index (χ0v) is 11.6. The van der Waals surface area contributed by atoms with E-state index in [0.29, 0.717) is 11.5 Å². The van der Waals surface area contributed by atoms with Crippen LogP contribution in [-0.2, 0) is 6.54 Å². The SMILES string of the molecule is Cc1oc(CNC(=O)NC2CCN(C)C2)cc1C(=O)O. The van der Waals surface area contributed by atoms with Crippen LogP contribution in [0.5, 0.6) is 0 Å². The fourth-order valence-corrected chi connectivity index (χ4v) is 2.30. The second kappa shape index (κ2) is 5.96. The maximum Gasteiger partial charge on any atom is 0.339 e. The number of hydrogen-bond donors (Lipinski definition) is 3. The van der Waals surface area contributed by atoms with Gasteiger partial charge in [-0.2, -0.15) is 0 Å². The summed E-state index contributed by atoms with van der Waals surface area (Å²) in [5, 5.41) is 14.4. The second-order valence-corrected chi connectivity index (χ2v) is 5.06. The number of likely N-dealkylation sites (tertiary alicyclic amines) is 1. The van der Waals surface area contributed by atoms with Crippen LogP contribution in [0.2, 0.25) is 0 Å². The van der Waals surface area contributed by atoms with Gasteiger partial charge in [0, 0.05) is 12.6 Å². The number of carbonyl (C=O) groups excluding carboxylic acids is 1. The Morgan fingerprint density at radius 1 is 1.55 bits per heavy atom. The number of urea groups is 1. The average molecular weight is 281 g/mol. The summed E-state index contributed by atoms with van der Waals surface area (Å²) in [7, 11) is 2.01. The molecule has 1 atom stereocenters. The van der Waals surface area contributed by atoms with Crippen molar-refractivity contribution in [2.45, 2.75) is 25.9 Å². The molecule has 7 nitrogen and oxygen atoms in total. The molecule has 0 aliphatic carbocycles. The van der Waals surface area contributed by atoms with Gasteiger partial charge in [0.1, 0.15) is 17.1 Å². The first kappa shape index (κ1) is 14.4. The molecule has 1 saturated heterocycles. The van der Waals surface area contributed by atoms with E-state index in [0.717, 1.165) is 19.5 Å². The van der Waals surface area contributed by atoms with Crippen LogP contribution in [-0.4, -0.2) is 48.2 Å². The van der Waals surface area contributed by atoms with Crippen LogP contribution in [0.15, 0.2) is 10.5 Å². The predicted octanol–water partition coefficient (Wildman–Crippen LogP) is 0.790. The lowest BCUT2D eigenvalue weighted by molar-refractivity contribution is 0.0695. The first-order chi connectivity index (χ1) is 9.45. The molecule has 0 spiro atoms. The van der Waals surface area contributed by atoms with Crippen LogP contribution < -0.4 is 10.6 Å². The number of hydrogen-bond acceptors (Lipinski definition) is 4. The van der Waals surface area contributed by atoms with Crippen molar-refractivity contribution in [3.05, 3.63) is 23.2 Å². The largest absolute Gasteiger partial charge is 0.478 e. The summed E-state index contributed by atoms with van der Waals surface area (Å²) in [5.41, 5.74) is 0.125. The molecule has 2 heterocycles. The van der Waals surface area contributed by atoms with E-state index in [2.05, 4.69) is 15.5 Å². The molecule has 3 N–H and O–H groups in total. The van der Waals surface area contributed by atoms with E-state index in [1.807, 2.05) is 7.05 Å². The Labute approximate surface area is 116 Å². The number of carbonyl (C=O) groups is 2. The lowest BCUT2D eigenvalue weighted by Gasteiger charge is -2.13. The van der Waals surface area contributed by atoms with Crippen LogP contribution >= 0.6 is 0 Å². The number of nitrogens with one attached hydrogen (secondary N) is 2. The number of furan rings is 1. The van der Waals surface area contributed by atoms with E-state index in [9.17, 15) is 9.59 Å².